The Balaban J connectivity index is 1.52. The van der Waals surface area contributed by atoms with Gasteiger partial charge in [0.2, 0.25) is 0 Å². The summed E-state index contributed by atoms with van der Waals surface area (Å²) in [5.41, 5.74) is 1.01. The molecule has 2 saturated carbocycles. The number of rotatable bonds is 6. The van der Waals surface area contributed by atoms with Gasteiger partial charge in [0.1, 0.15) is 5.82 Å². The van der Waals surface area contributed by atoms with Crippen molar-refractivity contribution in [3.05, 3.63) is 34.1 Å². The number of hydrogen-bond acceptors (Lipinski definition) is 1. The zero-order valence-electron chi connectivity index (χ0n) is 10.5. The second-order valence-electron chi connectivity index (χ2n) is 5.68. The van der Waals surface area contributed by atoms with E-state index in [4.69, 9.17) is 0 Å². The standard InChI is InChI=1S/C15H19BrFN/c16-15-12(2-1-3-14(15)17)8-18-9-13(10-4-5-10)11-6-7-11/h1-3,10-11,13,18H,4-9H2. The SMILES string of the molecule is Fc1cccc(CNCC(C2CC2)C2CC2)c1Br. The van der Waals surface area contributed by atoms with Crippen LogP contribution in [0.3, 0.4) is 0 Å². The van der Waals surface area contributed by atoms with Crippen LogP contribution in [0.15, 0.2) is 22.7 Å². The summed E-state index contributed by atoms with van der Waals surface area (Å²) < 4.78 is 14.0. The molecule has 0 heterocycles. The Hall–Kier alpha value is -0.410. The number of benzene rings is 1. The molecular weight excluding hydrogens is 293 g/mol. The number of hydrogen-bond donors (Lipinski definition) is 1. The summed E-state index contributed by atoms with van der Waals surface area (Å²) >= 11 is 3.31. The lowest BCUT2D eigenvalue weighted by Gasteiger charge is -2.16. The van der Waals surface area contributed by atoms with Crippen molar-refractivity contribution < 1.29 is 4.39 Å². The van der Waals surface area contributed by atoms with Crippen LogP contribution in [0.4, 0.5) is 4.39 Å². The Kier molecular flexibility index (Phi) is 3.71. The molecule has 98 valence electrons. The molecule has 0 radical (unpaired) electrons. The Morgan fingerprint density at radius 3 is 2.50 bits per heavy atom. The van der Waals surface area contributed by atoms with E-state index in [1.165, 1.54) is 31.7 Å². The van der Waals surface area contributed by atoms with E-state index >= 15 is 0 Å². The van der Waals surface area contributed by atoms with Crippen molar-refractivity contribution in [2.45, 2.75) is 32.2 Å². The minimum absolute atomic E-state index is 0.171. The molecule has 3 heteroatoms. The Bertz CT molecular complexity index is 415. The van der Waals surface area contributed by atoms with E-state index in [-0.39, 0.29) is 5.82 Å². The minimum Gasteiger partial charge on any atom is -0.312 e. The van der Waals surface area contributed by atoms with Gasteiger partial charge in [-0.3, -0.25) is 0 Å². The van der Waals surface area contributed by atoms with Crippen LogP contribution in [0.2, 0.25) is 0 Å². The van der Waals surface area contributed by atoms with Crippen LogP contribution in [0.5, 0.6) is 0 Å². The average Bonchev–Trinajstić information content (AvgIpc) is 3.23. The molecule has 1 aromatic carbocycles. The maximum Gasteiger partial charge on any atom is 0.137 e. The summed E-state index contributed by atoms with van der Waals surface area (Å²) in [4.78, 5) is 0. The van der Waals surface area contributed by atoms with Crippen LogP contribution in [-0.2, 0) is 6.54 Å². The van der Waals surface area contributed by atoms with Crippen LogP contribution in [0.1, 0.15) is 31.2 Å². The highest BCUT2D eigenvalue weighted by Gasteiger charge is 2.40. The quantitative estimate of drug-likeness (QED) is 0.833. The highest BCUT2D eigenvalue weighted by atomic mass is 79.9. The molecule has 0 saturated heterocycles. The van der Waals surface area contributed by atoms with Gasteiger partial charge in [-0.25, -0.2) is 4.39 Å². The molecule has 2 aliphatic carbocycles. The van der Waals surface area contributed by atoms with Crippen LogP contribution in [-0.4, -0.2) is 6.54 Å². The summed E-state index contributed by atoms with van der Waals surface area (Å²) in [5.74, 6) is 2.65. The molecular formula is C15H19BrFN. The molecule has 0 aromatic heterocycles. The second-order valence-corrected chi connectivity index (χ2v) is 6.48. The Morgan fingerprint density at radius 1 is 1.22 bits per heavy atom. The van der Waals surface area contributed by atoms with Gasteiger partial charge in [-0.15, -0.1) is 0 Å². The van der Waals surface area contributed by atoms with Gasteiger partial charge >= 0.3 is 0 Å². The van der Waals surface area contributed by atoms with E-state index in [1.807, 2.05) is 6.07 Å². The first-order valence-corrected chi connectivity index (χ1v) is 7.68. The van der Waals surface area contributed by atoms with Crippen molar-refractivity contribution in [1.82, 2.24) is 5.32 Å². The molecule has 1 nitrogen and oxygen atoms in total. The molecule has 1 N–H and O–H groups in total. The zero-order valence-corrected chi connectivity index (χ0v) is 12.0. The molecule has 0 spiro atoms. The second kappa shape index (κ2) is 5.30. The maximum atomic E-state index is 13.4. The summed E-state index contributed by atoms with van der Waals surface area (Å²) in [6.07, 6.45) is 5.69. The third-order valence-corrected chi connectivity index (χ3v) is 5.07. The van der Waals surface area contributed by atoms with Crippen molar-refractivity contribution >= 4 is 15.9 Å². The van der Waals surface area contributed by atoms with E-state index in [2.05, 4.69) is 21.2 Å². The normalized spacial score (nSPS) is 19.5. The molecule has 1 aromatic rings. The molecule has 0 aliphatic heterocycles. The van der Waals surface area contributed by atoms with Gasteiger partial charge in [-0.05, 0) is 77.5 Å². The predicted octanol–water partition coefficient (Wildman–Crippen LogP) is 4.11. The topological polar surface area (TPSA) is 12.0 Å². The van der Waals surface area contributed by atoms with Gasteiger partial charge in [0, 0.05) is 6.54 Å². The third-order valence-electron chi connectivity index (χ3n) is 4.18. The highest BCUT2D eigenvalue weighted by molar-refractivity contribution is 9.10. The first-order chi connectivity index (χ1) is 8.75. The first kappa shape index (κ1) is 12.6. The molecule has 0 bridgehead atoms. The predicted molar refractivity (Wildman–Crippen MR) is 74.7 cm³/mol. The van der Waals surface area contributed by atoms with Gasteiger partial charge in [0.05, 0.1) is 4.47 Å². The van der Waals surface area contributed by atoms with E-state index in [0.717, 1.165) is 36.4 Å². The van der Waals surface area contributed by atoms with Gasteiger partial charge in [-0.1, -0.05) is 12.1 Å². The summed E-state index contributed by atoms with van der Waals surface area (Å²) in [7, 11) is 0. The van der Waals surface area contributed by atoms with Crippen molar-refractivity contribution in [2.75, 3.05) is 6.54 Å². The third kappa shape index (κ3) is 2.94. The lowest BCUT2D eigenvalue weighted by atomic mass is 9.98. The summed E-state index contributed by atoms with van der Waals surface area (Å²) in [6.45, 7) is 1.85. The molecule has 0 unspecified atom stereocenters. The highest BCUT2D eigenvalue weighted by Crippen LogP contribution is 2.48. The molecule has 3 rings (SSSR count). The van der Waals surface area contributed by atoms with E-state index < -0.39 is 0 Å². The van der Waals surface area contributed by atoms with Crippen molar-refractivity contribution in [3.63, 3.8) is 0 Å². The Labute approximate surface area is 116 Å². The molecule has 18 heavy (non-hydrogen) atoms. The molecule has 0 amide bonds. The van der Waals surface area contributed by atoms with Gasteiger partial charge in [-0.2, -0.15) is 0 Å². The minimum atomic E-state index is -0.171. The number of nitrogens with one attached hydrogen (secondary N) is 1. The van der Waals surface area contributed by atoms with Gasteiger partial charge in [0.15, 0.2) is 0 Å². The van der Waals surface area contributed by atoms with E-state index in [9.17, 15) is 4.39 Å². The van der Waals surface area contributed by atoms with Crippen molar-refractivity contribution in [3.8, 4) is 0 Å². The van der Waals surface area contributed by atoms with Gasteiger partial charge < -0.3 is 5.32 Å². The van der Waals surface area contributed by atoms with E-state index in [0.29, 0.717) is 4.47 Å². The average molecular weight is 312 g/mol. The van der Waals surface area contributed by atoms with Crippen LogP contribution in [0, 0.1) is 23.6 Å². The fraction of sp³-hybridized carbons (Fsp3) is 0.600. The monoisotopic (exact) mass is 311 g/mol. The van der Waals surface area contributed by atoms with Crippen molar-refractivity contribution in [2.24, 2.45) is 17.8 Å². The maximum absolute atomic E-state index is 13.4. The van der Waals surface area contributed by atoms with E-state index in [1.54, 1.807) is 6.07 Å². The first-order valence-electron chi connectivity index (χ1n) is 6.89. The summed E-state index contributed by atoms with van der Waals surface area (Å²) in [5, 5.41) is 3.52. The zero-order chi connectivity index (χ0) is 12.5. The lowest BCUT2D eigenvalue weighted by Crippen LogP contribution is -2.25. The molecule has 2 aliphatic rings. The lowest BCUT2D eigenvalue weighted by molar-refractivity contribution is 0.378. The van der Waals surface area contributed by atoms with Crippen LogP contribution in [0.25, 0.3) is 0 Å². The smallest absolute Gasteiger partial charge is 0.137 e. The fourth-order valence-electron chi connectivity index (χ4n) is 2.83. The van der Waals surface area contributed by atoms with Crippen molar-refractivity contribution in [1.29, 1.82) is 0 Å². The largest absolute Gasteiger partial charge is 0.312 e. The number of halogens is 2. The Morgan fingerprint density at radius 2 is 1.89 bits per heavy atom. The molecule has 2 fully saturated rings. The summed E-state index contributed by atoms with van der Waals surface area (Å²) in [6, 6.07) is 5.24. The van der Waals surface area contributed by atoms with Crippen LogP contribution < -0.4 is 5.32 Å². The molecule has 0 atom stereocenters. The van der Waals surface area contributed by atoms with Gasteiger partial charge in [0.25, 0.3) is 0 Å². The van der Waals surface area contributed by atoms with Crippen LogP contribution >= 0.6 is 15.9 Å². The fourth-order valence-corrected chi connectivity index (χ4v) is 3.23.